The highest BCUT2D eigenvalue weighted by Gasteiger charge is 2.43. The van der Waals surface area contributed by atoms with Gasteiger partial charge in [-0.25, -0.2) is 0 Å². The van der Waals surface area contributed by atoms with Crippen LogP contribution < -0.4 is 5.73 Å². The molecule has 0 amide bonds. The van der Waals surface area contributed by atoms with Crippen LogP contribution in [0.2, 0.25) is 0 Å². The van der Waals surface area contributed by atoms with Gasteiger partial charge < -0.3 is 5.73 Å². The van der Waals surface area contributed by atoms with E-state index in [1.165, 1.54) is 12.3 Å². The van der Waals surface area contributed by atoms with Gasteiger partial charge in [0, 0.05) is 18.2 Å². The van der Waals surface area contributed by atoms with E-state index in [4.69, 9.17) is 5.73 Å². The van der Waals surface area contributed by atoms with Gasteiger partial charge in [-0.15, -0.1) is 0 Å². The summed E-state index contributed by atoms with van der Waals surface area (Å²) in [6.45, 7) is 0.472. The summed E-state index contributed by atoms with van der Waals surface area (Å²) in [4.78, 5) is 3.42. The number of pyridine rings is 1. The highest BCUT2D eigenvalue weighted by atomic mass is 19.4. The van der Waals surface area contributed by atoms with E-state index in [2.05, 4.69) is 4.98 Å². The quantitative estimate of drug-likeness (QED) is 0.822. The number of nitrogens with zero attached hydrogens (tertiary/aromatic N) is 1. The minimum absolute atomic E-state index is 0.100. The Morgan fingerprint density at radius 1 is 1.33 bits per heavy atom. The van der Waals surface area contributed by atoms with Gasteiger partial charge in [0.2, 0.25) is 0 Å². The maximum absolute atomic E-state index is 12.2. The predicted molar refractivity (Wildman–Crippen MR) is 49.2 cm³/mol. The van der Waals surface area contributed by atoms with Gasteiger partial charge in [0.25, 0.3) is 0 Å². The molecule has 82 valence electrons. The molecule has 1 aromatic rings. The van der Waals surface area contributed by atoms with Gasteiger partial charge in [0.1, 0.15) is 5.69 Å². The summed E-state index contributed by atoms with van der Waals surface area (Å²) in [6, 6.07) is 2.50. The molecule has 1 aliphatic rings. The Labute approximate surface area is 85.3 Å². The van der Waals surface area contributed by atoms with E-state index in [9.17, 15) is 13.2 Å². The van der Waals surface area contributed by atoms with Crippen molar-refractivity contribution in [2.24, 2.45) is 5.73 Å². The Kier molecular flexibility index (Phi) is 2.22. The third-order valence-corrected chi connectivity index (χ3v) is 2.91. The number of hydrogen-bond donors (Lipinski definition) is 1. The summed E-state index contributed by atoms with van der Waals surface area (Å²) in [7, 11) is 0. The Bertz CT molecular complexity index is 352. The molecule has 1 saturated carbocycles. The molecule has 0 unspecified atom stereocenters. The van der Waals surface area contributed by atoms with Crippen molar-refractivity contribution in [3.8, 4) is 0 Å². The van der Waals surface area contributed by atoms with Crippen LogP contribution in [0.15, 0.2) is 18.3 Å². The lowest BCUT2D eigenvalue weighted by Gasteiger charge is -2.13. The zero-order valence-electron chi connectivity index (χ0n) is 8.01. The van der Waals surface area contributed by atoms with E-state index >= 15 is 0 Å². The first-order chi connectivity index (χ1) is 6.98. The third kappa shape index (κ3) is 1.84. The summed E-state index contributed by atoms with van der Waals surface area (Å²) in [5, 5.41) is 0. The SMILES string of the molecule is NCC1(c2ccc(C(F)(F)F)nc2)CC1. The first-order valence-corrected chi connectivity index (χ1v) is 4.72. The van der Waals surface area contributed by atoms with Crippen LogP contribution >= 0.6 is 0 Å². The van der Waals surface area contributed by atoms with Crippen LogP contribution in [0.5, 0.6) is 0 Å². The van der Waals surface area contributed by atoms with Crippen LogP contribution in [-0.4, -0.2) is 11.5 Å². The van der Waals surface area contributed by atoms with E-state index in [0.29, 0.717) is 6.54 Å². The molecule has 1 aromatic heterocycles. The molecule has 15 heavy (non-hydrogen) atoms. The molecule has 0 aliphatic heterocycles. The topological polar surface area (TPSA) is 38.9 Å². The van der Waals surface area contributed by atoms with Gasteiger partial charge in [-0.05, 0) is 24.5 Å². The molecular weight excluding hydrogens is 205 g/mol. The highest BCUT2D eigenvalue weighted by molar-refractivity contribution is 5.30. The highest BCUT2D eigenvalue weighted by Crippen LogP contribution is 2.47. The Morgan fingerprint density at radius 3 is 2.33 bits per heavy atom. The second kappa shape index (κ2) is 3.20. The minimum Gasteiger partial charge on any atom is -0.330 e. The fourth-order valence-electron chi connectivity index (χ4n) is 1.64. The number of nitrogens with two attached hydrogens (primary N) is 1. The molecule has 2 nitrogen and oxygen atoms in total. The van der Waals surface area contributed by atoms with Crippen molar-refractivity contribution >= 4 is 0 Å². The molecule has 0 spiro atoms. The smallest absolute Gasteiger partial charge is 0.330 e. The monoisotopic (exact) mass is 216 g/mol. The Balaban J connectivity index is 2.25. The molecular formula is C10H11F3N2. The maximum Gasteiger partial charge on any atom is 0.433 e. The lowest BCUT2D eigenvalue weighted by atomic mass is 9.98. The van der Waals surface area contributed by atoms with Crippen molar-refractivity contribution in [1.29, 1.82) is 0 Å². The van der Waals surface area contributed by atoms with Crippen molar-refractivity contribution in [3.63, 3.8) is 0 Å². The normalized spacial score (nSPS) is 18.9. The number of rotatable bonds is 2. The van der Waals surface area contributed by atoms with E-state index in [1.54, 1.807) is 0 Å². The minimum atomic E-state index is -4.36. The fraction of sp³-hybridized carbons (Fsp3) is 0.500. The van der Waals surface area contributed by atoms with Gasteiger partial charge in [-0.3, -0.25) is 4.98 Å². The van der Waals surface area contributed by atoms with Gasteiger partial charge in [0.15, 0.2) is 0 Å². The molecule has 0 bridgehead atoms. The van der Waals surface area contributed by atoms with Gasteiger partial charge >= 0.3 is 6.18 Å². The van der Waals surface area contributed by atoms with Crippen molar-refractivity contribution in [2.75, 3.05) is 6.54 Å². The molecule has 0 radical (unpaired) electrons. The van der Waals surface area contributed by atoms with E-state index < -0.39 is 11.9 Å². The third-order valence-electron chi connectivity index (χ3n) is 2.91. The van der Waals surface area contributed by atoms with Gasteiger partial charge in [0.05, 0.1) is 0 Å². The molecule has 0 saturated heterocycles. The van der Waals surface area contributed by atoms with E-state index in [1.807, 2.05) is 0 Å². The lowest BCUT2D eigenvalue weighted by Crippen LogP contribution is -2.20. The maximum atomic E-state index is 12.2. The molecule has 2 rings (SSSR count). The first-order valence-electron chi connectivity index (χ1n) is 4.72. The van der Waals surface area contributed by atoms with Crippen LogP contribution in [0.4, 0.5) is 13.2 Å². The Hall–Kier alpha value is -1.10. The second-order valence-corrected chi connectivity index (χ2v) is 3.91. The number of halogens is 3. The summed E-state index contributed by atoms with van der Waals surface area (Å²) >= 11 is 0. The summed E-state index contributed by atoms with van der Waals surface area (Å²) < 4.78 is 36.7. The lowest BCUT2D eigenvalue weighted by molar-refractivity contribution is -0.141. The average molecular weight is 216 g/mol. The fourth-order valence-corrected chi connectivity index (χ4v) is 1.64. The van der Waals surface area contributed by atoms with Gasteiger partial charge in [-0.1, -0.05) is 6.07 Å². The van der Waals surface area contributed by atoms with Crippen LogP contribution in [-0.2, 0) is 11.6 Å². The summed E-state index contributed by atoms with van der Waals surface area (Å²) in [5.41, 5.74) is 5.44. The standard InChI is InChI=1S/C10H11F3N2/c11-10(12,13)8-2-1-7(5-15-8)9(6-14)3-4-9/h1-2,5H,3-4,6,14H2. The van der Waals surface area contributed by atoms with Crippen molar-refractivity contribution in [2.45, 2.75) is 24.4 Å². The van der Waals surface area contributed by atoms with Crippen molar-refractivity contribution < 1.29 is 13.2 Å². The molecule has 5 heteroatoms. The number of aromatic nitrogens is 1. The molecule has 1 fully saturated rings. The van der Waals surface area contributed by atoms with Crippen molar-refractivity contribution in [3.05, 3.63) is 29.6 Å². The van der Waals surface area contributed by atoms with E-state index in [-0.39, 0.29) is 5.41 Å². The molecule has 2 N–H and O–H groups in total. The largest absolute Gasteiger partial charge is 0.433 e. The molecule has 0 atom stereocenters. The molecule has 0 aromatic carbocycles. The molecule has 1 heterocycles. The zero-order valence-corrected chi connectivity index (χ0v) is 8.01. The predicted octanol–water partition coefficient (Wildman–Crippen LogP) is 2.09. The van der Waals surface area contributed by atoms with Crippen LogP contribution in [0, 0.1) is 0 Å². The van der Waals surface area contributed by atoms with Crippen LogP contribution in [0.1, 0.15) is 24.1 Å². The van der Waals surface area contributed by atoms with E-state index in [0.717, 1.165) is 24.5 Å². The van der Waals surface area contributed by atoms with Crippen LogP contribution in [0.25, 0.3) is 0 Å². The summed E-state index contributed by atoms with van der Waals surface area (Å²) in [6.07, 6.45) is -1.19. The summed E-state index contributed by atoms with van der Waals surface area (Å²) in [5.74, 6) is 0. The average Bonchev–Trinajstić information content (AvgIpc) is 2.97. The van der Waals surface area contributed by atoms with Gasteiger partial charge in [-0.2, -0.15) is 13.2 Å². The first kappa shape index (κ1) is 10.4. The van der Waals surface area contributed by atoms with Crippen molar-refractivity contribution in [1.82, 2.24) is 4.98 Å². The number of hydrogen-bond acceptors (Lipinski definition) is 2. The Morgan fingerprint density at radius 2 is 2.00 bits per heavy atom. The zero-order chi connectivity index (χ0) is 11.1. The molecule has 1 aliphatic carbocycles. The number of alkyl halides is 3. The second-order valence-electron chi connectivity index (χ2n) is 3.91. The van der Waals surface area contributed by atoms with Crippen LogP contribution in [0.3, 0.4) is 0 Å².